The van der Waals surface area contributed by atoms with Gasteiger partial charge < -0.3 is 41.9 Å². The fourth-order valence-electron chi connectivity index (χ4n) is 2.44. The molecule has 11 heteroatoms. The molecule has 0 aromatic heterocycles. The molecule has 1 saturated carbocycles. The maximum atomic E-state index is 10.2. The topological polar surface area (TPSA) is 187 Å². The number of rotatable bonds is 8. The van der Waals surface area contributed by atoms with E-state index in [1.165, 1.54) is 0 Å². The van der Waals surface area contributed by atoms with Gasteiger partial charge in [0, 0.05) is 25.7 Å². The summed E-state index contributed by atoms with van der Waals surface area (Å²) in [5, 5.41) is 49.8. The van der Waals surface area contributed by atoms with E-state index in [0.717, 1.165) is 13.5 Å². The van der Waals surface area contributed by atoms with Crippen LogP contribution in [0.5, 0.6) is 0 Å². The summed E-state index contributed by atoms with van der Waals surface area (Å²) < 4.78 is 5.35. The summed E-state index contributed by atoms with van der Waals surface area (Å²) in [5.41, 5.74) is 11.3. The van der Waals surface area contributed by atoms with Gasteiger partial charge in [-0.2, -0.15) is 0 Å². The van der Waals surface area contributed by atoms with Crippen LogP contribution in [-0.4, -0.2) is 94.0 Å². The average molecular weight is 401 g/mol. The quantitative estimate of drug-likeness (QED) is 0.167. The molecule has 27 heavy (non-hydrogen) atoms. The van der Waals surface area contributed by atoms with Crippen LogP contribution in [0.2, 0.25) is 0 Å². The summed E-state index contributed by atoms with van der Waals surface area (Å²) in [6, 6.07) is -0.964. The van der Waals surface area contributed by atoms with Crippen LogP contribution in [0.15, 0.2) is 0 Å². The van der Waals surface area contributed by atoms with Crippen molar-refractivity contribution >= 4 is 0 Å². The van der Waals surface area contributed by atoms with Crippen molar-refractivity contribution in [2.45, 2.75) is 83.5 Å². The first-order valence-corrected chi connectivity index (χ1v) is 9.33. The number of aliphatic hydroxyl groups is 4. The van der Waals surface area contributed by atoms with Gasteiger partial charge in [0.1, 0.15) is 12.2 Å². The average Bonchev–Trinajstić information content (AvgIpc) is 2.61. The largest absolute Gasteiger partial charge is 0.397 e. The molecule has 0 aromatic carbocycles. The lowest BCUT2D eigenvalue weighted by atomic mass is 9.84. The molecular formula is C16H40N4O7. The monoisotopic (exact) mass is 400 g/mol. The van der Waals surface area contributed by atoms with Crippen LogP contribution in [0.1, 0.15) is 40.5 Å². The smallest absolute Gasteiger partial charge is 0.220 e. The van der Waals surface area contributed by atoms with Gasteiger partial charge in [-0.25, -0.2) is 4.84 Å². The zero-order chi connectivity index (χ0) is 21.6. The summed E-state index contributed by atoms with van der Waals surface area (Å²) in [6.45, 7) is 8.61. The number of nitrogens with one attached hydrogen (secondary N) is 1. The van der Waals surface area contributed by atoms with E-state index >= 15 is 0 Å². The molecule has 0 heterocycles. The van der Waals surface area contributed by atoms with Crippen molar-refractivity contribution in [3.63, 3.8) is 0 Å². The molecule has 0 radical (unpaired) electrons. The van der Waals surface area contributed by atoms with Gasteiger partial charge in [0.15, 0.2) is 6.23 Å². The minimum atomic E-state index is -1.57. The van der Waals surface area contributed by atoms with Crippen molar-refractivity contribution in [2.75, 3.05) is 20.2 Å². The molecule has 0 saturated heterocycles. The van der Waals surface area contributed by atoms with Crippen LogP contribution in [0.4, 0.5) is 0 Å². The van der Waals surface area contributed by atoms with Crippen LogP contribution in [0, 0.1) is 0 Å². The SMILES string of the molecule is CC.CCCNC1CC(N)C(OC(ON(C)O)[C@@H](N)O)C(O)C1O.CCO. The Kier molecular flexibility index (Phi) is 17.6. The Hall–Kier alpha value is -0.440. The van der Waals surface area contributed by atoms with Crippen molar-refractivity contribution in [3.05, 3.63) is 0 Å². The van der Waals surface area contributed by atoms with Crippen molar-refractivity contribution in [1.82, 2.24) is 10.5 Å². The van der Waals surface area contributed by atoms with E-state index in [1.807, 2.05) is 20.8 Å². The van der Waals surface area contributed by atoms with Gasteiger partial charge in [0.2, 0.25) is 6.29 Å². The fraction of sp³-hybridized carbons (Fsp3) is 1.00. The molecule has 0 spiro atoms. The molecular weight excluding hydrogens is 360 g/mol. The number of nitrogens with two attached hydrogens (primary N) is 2. The van der Waals surface area contributed by atoms with E-state index in [9.17, 15) is 15.3 Å². The van der Waals surface area contributed by atoms with E-state index in [-0.39, 0.29) is 12.6 Å². The lowest BCUT2D eigenvalue weighted by Gasteiger charge is -2.42. The second kappa shape index (κ2) is 16.5. The van der Waals surface area contributed by atoms with Crippen LogP contribution in [-0.2, 0) is 9.57 Å². The van der Waals surface area contributed by atoms with Gasteiger partial charge in [-0.05, 0) is 26.3 Å². The standard InChI is InChI=1S/C12H28N4O6.C2H6O.C2H6/c1-3-4-15-7-5-6(13)10(9(18)8(7)17)21-12(11(14)19)22-16(2)20;1-2-3;1-2/h6-12,15,17-20H,3-5,13-14H2,1-2H3;3H,2H2,1H3;1-2H3/t6?,7?,8?,9?,10?,11-,12?;;/m0../s1. The summed E-state index contributed by atoms with van der Waals surface area (Å²) in [7, 11) is 1.16. The predicted molar refractivity (Wildman–Crippen MR) is 100 cm³/mol. The zero-order valence-corrected chi connectivity index (χ0v) is 17.0. The van der Waals surface area contributed by atoms with Crippen molar-refractivity contribution in [2.24, 2.45) is 11.5 Å². The summed E-state index contributed by atoms with van der Waals surface area (Å²) >= 11 is 0. The van der Waals surface area contributed by atoms with Gasteiger partial charge in [-0.15, -0.1) is 0 Å². The third-order valence-electron chi connectivity index (χ3n) is 3.53. The van der Waals surface area contributed by atoms with Gasteiger partial charge in [-0.1, -0.05) is 26.0 Å². The van der Waals surface area contributed by atoms with E-state index in [0.29, 0.717) is 18.2 Å². The molecule has 0 aromatic rings. The Morgan fingerprint density at radius 2 is 1.74 bits per heavy atom. The van der Waals surface area contributed by atoms with E-state index in [4.69, 9.17) is 31.4 Å². The molecule has 0 bridgehead atoms. The second-order valence-corrected chi connectivity index (χ2v) is 5.79. The minimum Gasteiger partial charge on any atom is -0.397 e. The Bertz CT molecular complexity index is 340. The number of nitrogens with zero attached hydrogens (tertiary/aromatic N) is 1. The van der Waals surface area contributed by atoms with Gasteiger partial charge in [0.25, 0.3) is 0 Å². The molecule has 1 rings (SSSR count). The maximum absolute atomic E-state index is 10.2. The number of hydroxylamine groups is 2. The van der Waals surface area contributed by atoms with E-state index < -0.39 is 36.9 Å². The summed E-state index contributed by atoms with van der Waals surface area (Å²) in [4.78, 5) is 4.77. The molecule has 7 atom stereocenters. The highest BCUT2D eigenvalue weighted by atomic mass is 16.9. The minimum absolute atomic E-state index is 0.250. The van der Waals surface area contributed by atoms with Crippen LogP contribution in [0.3, 0.4) is 0 Å². The number of hydrogen-bond acceptors (Lipinski definition) is 11. The fourth-order valence-corrected chi connectivity index (χ4v) is 2.44. The molecule has 10 N–H and O–H groups in total. The predicted octanol–water partition coefficient (Wildman–Crippen LogP) is -1.93. The Balaban J connectivity index is 0. The molecule has 6 unspecified atom stereocenters. The van der Waals surface area contributed by atoms with Crippen molar-refractivity contribution in [1.29, 1.82) is 0 Å². The van der Waals surface area contributed by atoms with Crippen molar-refractivity contribution in [3.8, 4) is 0 Å². The Morgan fingerprint density at radius 1 is 1.22 bits per heavy atom. The highest BCUT2D eigenvalue weighted by molar-refractivity contribution is 4.99. The Morgan fingerprint density at radius 3 is 2.15 bits per heavy atom. The third-order valence-corrected chi connectivity index (χ3v) is 3.53. The Labute approximate surface area is 161 Å². The normalized spacial score (nSPS) is 29.9. The highest BCUT2D eigenvalue weighted by Gasteiger charge is 2.44. The molecule has 166 valence electrons. The lowest BCUT2D eigenvalue weighted by Crippen LogP contribution is -2.64. The molecule has 1 aliphatic carbocycles. The summed E-state index contributed by atoms with van der Waals surface area (Å²) in [5.74, 6) is 0. The van der Waals surface area contributed by atoms with Crippen LogP contribution in [0.25, 0.3) is 0 Å². The number of ether oxygens (including phenoxy) is 1. The number of aliphatic hydroxyl groups excluding tert-OH is 4. The van der Waals surface area contributed by atoms with Crippen molar-refractivity contribution < 1.29 is 35.2 Å². The van der Waals surface area contributed by atoms with Gasteiger partial charge >= 0.3 is 0 Å². The number of hydrogen-bond donors (Lipinski definition) is 8. The molecule has 1 aliphatic rings. The molecule has 0 amide bonds. The molecule has 1 fully saturated rings. The first kappa shape index (κ1) is 28.8. The second-order valence-electron chi connectivity index (χ2n) is 5.79. The zero-order valence-electron chi connectivity index (χ0n) is 17.0. The van der Waals surface area contributed by atoms with Gasteiger partial charge in [-0.3, -0.25) is 5.21 Å². The van der Waals surface area contributed by atoms with Crippen LogP contribution >= 0.6 is 0 Å². The van der Waals surface area contributed by atoms with Crippen LogP contribution < -0.4 is 16.8 Å². The van der Waals surface area contributed by atoms with Gasteiger partial charge in [0.05, 0.1) is 6.10 Å². The lowest BCUT2D eigenvalue weighted by molar-refractivity contribution is -0.409. The first-order valence-electron chi connectivity index (χ1n) is 9.33. The highest BCUT2D eigenvalue weighted by Crippen LogP contribution is 2.24. The first-order chi connectivity index (χ1) is 12.7. The third kappa shape index (κ3) is 11.2. The molecule has 11 nitrogen and oxygen atoms in total. The summed E-state index contributed by atoms with van der Waals surface area (Å²) in [6.07, 6.45) is -5.13. The molecule has 0 aliphatic heterocycles. The van der Waals surface area contributed by atoms with E-state index in [1.54, 1.807) is 6.92 Å². The van der Waals surface area contributed by atoms with E-state index in [2.05, 4.69) is 5.32 Å². The maximum Gasteiger partial charge on any atom is 0.220 e.